The van der Waals surface area contributed by atoms with E-state index in [0.29, 0.717) is 36.1 Å². The Morgan fingerprint density at radius 1 is 0.382 bits per heavy atom. The Balaban J connectivity index is 1.33. The molecule has 0 N–H and O–H groups in total. The van der Waals surface area contributed by atoms with Crippen LogP contribution in [0.3, 0.4) is 0 Å². The lowest BCUT2D eigenvalue weighted by molar-refractivity contribution is -0.124. The highest BCUT2D eigenvalue weighted by Gasteiger charge is 2.50. The molecule has 2 aliphatic heterocycles. The molecule has 4 nitrogen and oxygen atoms in total. The normalized spacial score (nSPS) is 15.2. The maximum atomic E-state index is 15.7. The summed E-state index contributed by atoms with van der Waals surface area (Å²) in [6.07, 6.45) is 40.9. The molecule has 2 atom stereocenters. The smallest absolute Gasteiger partial charge is 0.261 e. The van der Waals surface area contributed by atoms with Crippen LogP contribution in [-0.4, -0.2) is 34.7 Å². The van der Waals surface area contributed by atoms with Crippen LogP contribution in [0.1, 0.15) is 243 Å². The number of hydrogen-bond acceptors (Lipinski definition) is 6. The highest BCUT2D eigenvalue weighted by atomic mass is 79.9. The molecular formula is C58H86Br2N2O2S4. The minimum absolute atomic E-state index is 0.0520. The minimum atomic E-state index is 0.0520. The van der Waals surface area contributed by atoms with Crippen molar-refractivity contribution in [3.8, 4) is 0 Å². The average molecular weight is 1130 g/mol. The van der Waals surface area contributed by atoms with Crippen LogP contribution in [-0.2, 0) is 9.59 Å². The average Bonchev–Trinajstić information content (AvgIpc) is 4.16. The topological polar surface area (TPSA) is 40.6 Å². The second-order valence-electron chi connectivity index (χ2n) is 20.4. The van der Waals surface area contributed by atoms with Gasteiger partial charge in [-0.05, 0) is 93.6 Å². The molecule has 0 saturated heterocycles. The molecule has 2 amide bonds. The molecule has 0 bridgehead atoms. The van der Waals surface area contributed by atoms with Crippen LogP contribution in [0.15, 0.2) is 43.0 Å². The van der Waals surface area contributed by atoms with Gasteiger partial charge in [-0.15, -0.1) is 45.3 Å². The van der Waals surface area contributed by atoms with Crippen LogP contribution in [0.5, 0.6) is 0 Å². The predicted molar refractivity (Wildman–Crippen MR) is 309 cm³/mol. The van der Waals surface area contributed by atoms with Crippen LogP contribution >= 0.6 is 77.2 Å². The molecule has 0 fully saturated rings. The van der Waals surface area contributed by atoms with Gasteiger partial charge in [-0.1, -0.05) is 207 Å². The van der Waals surface area contributed by atoms with Crippen molar-refractivity contribution in [2.45, 2.75) is 233 Å². The van der Waals surface area contributed by atoms with E-state index >= 15 is 9.59 Å². The van der Waals surface area contributed by atoms with E-state index in [1.54, 1.807) is 45.3 Å². The SMILES string of the molecule is CCCCCCCCCCC(CCCCCCCC)CN1C(=O)C2=C(c3cc4sc(Br)cc4s3)N(CC(CCCCCCCC)CCCCCCCCCC)C(=O)C2=C1c1cc2sc(Br)cc2s1. The minimum Gasteiger partial charge on any atom is -0.306 e. The van der Waals surface area contributed by atoms with Crippen molar-refractivity contribution in [3.05, 3.63) is 52.7 Å². The van der Waals surface area contributed by atoms with Gasteiger partial charge in [0.05, 0.1) is 39.9 Å². The van der Waals surface area contributed by atoms with Crippen LogP contribution < -0.4 is 0 Å². The molecule has 4 aromatic rings. The van der Waals surface area contributed by atoms with Gasteiger partial charge in [-0.2, -0.15) is 0 Å². The van der Waals surface area contributed by atoms with E-state index in [1.807, 2.05) is 0 Å². The zero-order chi connectivity index (χ0) is 48.1. The lowest BCUT2D eigenvalue weighted by atomic mass is 9.93. The summed E-state index contributed by atoms with van der Waals surface area (Å²) in [4.78, 5) is 37.8. The lowest BCUT2D eigenvalue weighted by Gasteiger charge is -2.29. The fourth-order valence-electron chi connectivity index (χ4n) is 10.8. The maximum Gasteiger partial charge on any atom is 0.261 e. The van der Waals surface area contributed by atoms with Crippen LogP contribution in [0.2, 0.25) is 0 Å². The van der Waals surface area contributed by atoms with E-state index in [4.69, 9.17) is 0 Å². The Labute approximate surface area is 445 Å². The highest BCUT2D eigenvalue weighted by molar-refractivity contribution is 9.11. The van der Waals surface area contributed by atoms with E-state index in [1.165, 1.54) is 199 Å². The number of carbonyl (C=O) groups is 2. The number of unbranched alkanes of at least 4 members (excludes halogenated alkanes) is 24. The van der Waals surface area contributed by atoms with E-state index in [2.05, 4.69) is 93.6 Å². The van der Waals surface area contributed by atoms with Gasteiger partial charge in [0.1, 0.15) is 0 Å². The number of hydrogen-bond donors (Lipinski definition) is 0. The fraction of sp³-hybridized carbons (Fsp3) is 0.690. The molecule has 0 radical (unpaired) electrons. The van der Waals surface area contributed by atoms with Crippen molar-refractivity contribution in [3.63, 3.8) is 0 Å². The van der Waals surface area contributed by atoms with Crippen LogP contribution in [0, 0.1) is 11.8 Å². The second-order valence-corrected chi connectivity index (χ2v) is 27.5. The number of rotatable bonds is 38. The van der Waals surface area contributed by atoms with Crippen molar-refractivity contribution in [1.29, 1.82) is 0 Å². The van der Waals surface area contributed by atoms with E-state index < -0.39 is 0 Å². The van der Waals surface area contributed by atoms with E-state index in [9.17, 15) is 0 Å². The first-order valence-electron chi connectivity index (χ1n) is 27.8. The quantitative estimate of drug-likeness (QED) is 0.0420. The zero-order valence-corrected chi connectivity index (χ0v) is 49.0. The molecule has 10 heteroatoms. The standard InChI is InChI=1S/C58H86Br2N2O2S4/c1-5-9-13-17-21-23-27-31-35-43(33-29-25-19-15-11-7-3)41-61-55(49-37-45-47(65-49)39-51(59)67-45)53-54(57(61)63)56(50-38-46-48(66-50)40-52(60)68-46)62(58(53)64)42-44(34-30-26-20-16-12-8-4)36-32-28-24-22-18-14-10-6-2/h37-40,43-44H,5-36,41-42H2,1-4H3. The third kappa shape index (κ3) is 16.4. The summed E-state index contributed by atoms with van der Waals surface area (Å²) < 4.78 is 7.10. The Morgan fingerprint density at radius 3 is 0.926 bits per heavy atom. The van der Waals surface area contributed by atoms with E-state index in [0.717, 1.165) is 54.4 Å². The van der Waals surface area contributed by atoms with Gasteiger partial charge in [-0.25, -0.2) is 0 Å². The molecular weight excluding hydrogens is 1040 g/mol. The van der Waals surface area contributed by atoms with Gasteiger partial charge in [0, 0.05) is 31.9 Å². The fourth-order valence-corrected chi connectivity index (χ4v) is 17.0. The third-order valence-corrected chi connectivity index (χ3v) is 20.4. The molecule has 2 unspecified atom stereocenters. The molecule has 6 rings (SSSR count). The van der Waals surface area contributed by atoms with Gasteiger partial charge >= 0.3 is 0 Å². The van der Waals surface area contributed by atoms with Gasteiger partial charge < -0.3 is 9.80 Å². The Bertz CT molecular complexity index is 1980. The number of nitrogens with zero attached hydrogens (tertiary/aromatic N) is 2. The van der Waals surface area contributed by atoms with Gasteiger partial charge in [-0.3, -0.25) is 9.59 Å². The summed E-state index contributed by atoms with van der Waals surface area (Å²) in [6, 6.07) is 8.98. The zero-order valence-electron chi connectivity index (χ0n) is 42.6. The summed E-state index contributed by atoms with van der Waals surface area (Å²) in [5.74, 6) is 0.915. The second kappa shape index (κ2) is 30.7. The summed E-state index contributed by atoms with van der Waals surface area (Å²) in [5.41, 5.74) is 3.12. The first-order chi connectivity index (χ1) is 33.3. The molecule has 68 heavy (non-hydrogen) atoms. The molecule has 0 spiro atoms. The largest absolute Gasteiger partial charge is 0.306 e. The first-order valence-corrected chi connectivity index (χ1v) is 32.6. The molecule has 0 aliphatic carbocycles. The molecule has 0 aromatic carbocycles. The summed E-state index contributed by atoms with van der Waals surface area (Å²) in [7, 11) is 0. The van der Waals surface area contributed by atoms with Crippen molar-refractivity contribution >= 4 is 119 Å². The van der Waals surface area contributed by atoms with Crippen molar-refractivity contribution in [2.75, 3.05) is 13.1 Å². The third-order valence-electron chi connectivity index (χ3n) is 14.7. The lowest BCUT2D eigenvalue weighted by Crippen LogP contribution is -2.34. The van der Waals surface area contributed by atoms with Gasteiger partial charge in [0.15, 0.2) is 0 Å². The molecule has 0 saturated carbocycles. The molecule has 6 heterocycles. The molecule has 2 aliphatic rings. The van der Waals surface area contributed by atoms with Gasteiger partial charge in [0.25, 0.3) is 11.8 Å². The maximum absolute atomic E-state index is 15.7. The number of carbonyl (C=O) groups excluding carboxylic acids is 2. The summed E-state index contributed by atoms with van der Waals surface area (Å²) in [6.45, 7) is 10.6. The van der Waals surface area contributed by atoms with Gasteiger partial charge in [0.2, 0.25) is 0 Å². The first kappa shape index (κ1) is 56.0. The van der Waals surface area contributed by atoms with Crippen LogP contribution in [0.25, 0.3) is 30.2 Å². The van der Waals surface area contributed by atoms with E-state index in [-0.39, 0.29) is 11.8 Å². The monoisotopic (exact) mass is 1130 g/mol. The van der Waals surface area contributed by atoms with Crippen LogP contribution in [0.4, 0.5) is 0 Å². The van der Waals surface area contributed by atoms with Crippen molar-refractivity contribution in [1.82, 2.24) is 9.80 Å². The Kier molecular flexibility index (Phi) is 25.3. The number of amides is 2. The summed E-state index contributed by atoms with van der Waals surface area (Å²) in [5, 5.41) is 0. The Morgan fingerprint density at radius 2 is 0.647 bits per heavy atom. The Hall–Kier alpha value is -1.30. The number of thiophene rings is 4. The predicted octanol–water partition coefficient (Wildman–Crippen LogP) is 21.4. The van der Waals surface area contributed by atoms with Crippen molar-refractivity contribution < 1.29 is 9.59 Å². The number of halogens is 2. The van der Waals surface area contributed by atoms with Crippen molar-refractivity contribution in [2.24, 2.45) is 11.8 Å². The summed E-state index contributed by atoms with van der Waals surface area (Å²) >= 11 is 14.5. The number of fused-ring (bicyclic) bond motifs is 3. The highest BCUT2D eigenvalue weighted by Crippen LogP contribution is 2.52. The molecule has 4 aromatic heterocycles. The molecule has 378 valence electrons.